The van der Waals surface area contributed by atoms with Crippen LogP contribution in [-0.4, -0.2) is 35.0 Å². The fourth-order valence-corrected chi connectivity index (χ4v) is 3.10. The molecule has 1 aliphatic heterocycles. The van der Waals surface area contributed by atoms with Crippen molar-refractivity contribution in [2.45, 2.75) is 32.5 Å². The van der Waals surface area contributed by atoms with Crippen molar-refractivity contribution in [3.63, 3.8) is 0 Å². The van der Waals surface area contributed by atoms with Crippen molar-refractivity contribution in [2.24, 2.45) is 5.41 Å². The van der Waals surface area contributed by atoms with E-state index in [1.54, 1.807) is 13.8 Å². The summed E-state index contributed by atoms with van der Waals surface area (Å²) in [7, 11) is 0. The van der Waals surface area contributed by atoms with Crippen LogP contribution in [0.5, 0.6) is 0 Å². The van der Waals surface area contributed by atoms with E-state index in [4.69, 9.17) is 0 Å². The molecular weight excluding hydrogens is 274 g/mol. The smallest absolute Gasteiger partial charge is 0.272 e. The van der Waals surface area contributed by atoms with Gasteiger partial charge in [0.25, 0.3) is 12.1 Å². The van der Waals surface area contributed by atoms with E-state index in [1.807, 2.05) is 30.3 Å². The summed E-state index contributed by atoms with van der Waals surface area (Å²) in [6.45, 7) is 4.48. The van der Waals surface area contributed by atoms with E-state index in [9.17, 15) is 20.2 Å². The van der Waals surface area contributed by atoms with Crippen LogP contribution in [0.3, 0.4) is 0 Å². The van der Waals surface area contributed by atoms with Gasteiger partial charge in [0, 0.05) is 15.4 Å². The largest absolute Gasteiger partial charge is 0.320 e. The SMILES string of the molecule is CC1(C)[C@H]([N+](=O)[O-])C[NH+](Cc2ccccc2)C[C@H]1[N+](=O)[O-]. The maximum atomic E-state index is 11.3. The van der Waals surface area contributed by atoms with Crippen molar-refractivity contribution in [3.05, 3.63) is 56.1 Å². The molecular formula is C14H20N3O4+. The average molecular weight is 294 g/mol. The van der Waals surface area contributed by atoms with Gasteiger partial charge in [-0.1, -0.05) is 30.3 Å². The molecule has 0 radical (unpaired) electrons. The van der Waals surface area contributed by atoms with Crippen LogP contribution < -0.4 is 4.90 Å². The number of nitro groups is 2. The van der Waals surface area contributed by atoms with Gasteiger partial charge >= 0.3 is 0 Å². The lowest BCUT2D eigenvalue weighted by Gasteiger charge is -2.37. The summed E-state index contributed by atoms with van der Waals surface area (Å²) in [6, 6.07) is 7.78. The molecule has 2 rings (SSSR count). The molecule has 0 unspecified atom stereocenters. The van der Waals surface area contributed by atoms with Crippen LogP contribution in [0.25, 0.3) is 0 Å². The van der Waals surface area contributed by atoms with Crippen LogP contribution in [0.1, 0.15) is 19.4 Å². The Morgan fingerprint density at radius 2 is 1.57 bits per heavy atom. The topological polar surface area (TPSA) is 90.7 Å². The molecule has 0 spiro atoms. The van der Waals surface area contributed by atoms with Crippen molar-refractivity contribution in [3.8, 4) is 0 Å². The van der Waals surface area contributed by atoms with Crippen LogP contribution in [0.4, 0.5) is 0 Å². The van der Waals surface area contributed by atoms with Crippen LogP contribution in [-0.2, 0) is 6.54 Å². The fourth-order valence-electron chi connectivity index (χ4n) is 3.10. The molecule has 2 atom stereocenters. The first kappa shape index (κ1) is 15.4. The van der Waals surface area contributed by atoms with Crippen molar-refractivity contribution >= 4 is 0 Å². The number of nitrogens with zero attached hydrogens (tertiary/aromatic N) is 2. The number of piperidine rings is 1. The van der Waals surface area contributed by atoms with Crippen molar-refractivity contribution in [2.75, 3.05) is 13.1 Å². The first-order chi connectivity index (χ1) is 9.82. The van der Waals surface area contributed by atoms with Gasteiger partial charge in [0.2, 0.25) is 0 Å². The molecule has 0 aliphatic carbocycles. The number of hydrogen-bond donors (Lipinski definition) is 1. The van der Waals surface area contributed by atoms with E-state index in [2.05, 4.69) is 0 Å². The maximum absolute atomic E-state index is 11.3. The summed E-state index contributed by atoms with van der Waals surface area (Å²) in [5, 5.41) is 22.6. The Kier molecular flexibility index (Phi) is 4.22. The molecule has 1 aromatic rings. The van der Waals surface area contributed by atoms with E-state index < -0.39 is 17.5 Å². The molecule has 1 aromatic carbocycles. The van der Waals surface area contributed by atoms with E-state index in [1.165, 1.54) is 0 Å². The summed E-state index contributed by atoms with van der Waals surface area (Å²) in [5.41, 5.74) is 0.101. The van der Waals surface area contributed by atoms with Gasteiger partial charge in [0.1, 0.15) is 25.0 Å². The van der Waals surface area contributed by atoms with Crippen LogP contribution in [0, 0.1) is 25.6 Å². The highest BCUT2D eigenvalue weighted by Gasteiger charge is 2.58. The van der Waals surface area contributed by atoms with Gasteiger partial charge < -0.3 is 4.90 Å². The van der Waals surface area contributed by atoms with Gasteiger partial charge in [0.15, 0.2) is 0 Å². The lowest BCUT2D eigenvalue weighted by molar-refractivity contribution is -0.948. The Hall–Kier alpha value is -2.02. The fraction of sp³-hybridized carbons (Fsp3) is 0.571. The quantitative estimate of drug-likeness (QED) is 0.643. The number of quaternary nitrogens is 1. The van der Waals surface area contributed by atoms with Gasteiger partial charge in [-0.05, 0) is 13.8 Å². The van der Waals surface area contributed by atoms with Crippen molar-refractivity contribution in [1.29, 1.82) is 0 Å². The number of nitrogens with one attached hydrogen (secondary N) is 1. The summed E-state index contributed by atoms with van der Waals surface area (Å²) in [5.74, 6) is 0. The first-order valence-electron chi connectivity index (χ1n) is 6.97. The zero-order valence-electron chi connectivity index (χ0n) is 12.2. The Bertz CT molecular complexity index is 506. The molecule has 7 heteroatoms. The maximum Gasteiger partial charge on any atom is 0.272 e. The minimum atomic E-state index is -0.937. The van der Waals surface area contributed by atoms with Gasteiger partial charge in [-0.3, -0.25) is 20.2 Å². The monoisotopic (exact) mass is 294 g/mol. The van der Waals surface area contributed by atoms with Crippen molar-refractivity contribution < 1.29 is 14.7 Å². The highest BCUT2D eigenvalue weighted by Crippen LogP contribution is 2.30. The third-order valence-corrected chi connectivity index (χ3v) is 4.49. The first-order valence-corrected chi connectivity index (χ1v) is 6.97. The number of benzene rings is 1. The second-order valence-corrected chi connectivity index (χ2v) is 6.24. The van der Waals surface area contributed by atoms with E-state index in [0.29, 0.717) is 19.6 Å². The predicted molar refractivity (Wildman–Crippen MR) is 76.2 cm³/mol. The van der Waals surface area contributed by atoms with Gasteiger partial charge in [-0.15, -0.1) is 0 Å². The number of hydrogen-bond acceptors (Lipinski definition) is 4. The second-order valence-electron chi connectivity index (χ2n) is 6.24. The molecule has 7 nitrogen and oxygen atoms in total. The summed E-state index contributed by atoms with van der Waals surface area (Å²) in [6.07, 6.45) is 0. The van der Waals surface area contributed by atoms with E-state index in [-0.39, 0.29) is 9.85 Å². The summed E-state index contributed by atoms with van der Waals surface area (Å²) < 4.78 is 0. The average Bonchev–Trinajstić information content (AvgIpc) is 2.40. The van der Waals surface area contributed by atoms with Gasteiger partial charge in [-0.2, -0.15) is 0 Å². The predicted octanol–water partition coefficient (Wildman–Crippen LogP) is 0.402. The number of likely N-dealkylation sites (tertiary alicyclic amines) is 1. The Morgan fingerprint density at radius 3 is 2.00 bits per heavy atom. The third kappa shape index (κ3) is 3.18. The van der Waals surface area contributed by atoms with Crippen LogP contribution >= 0.6 is 0 Å². The normalized spacial score (nSPS) is 28.0. The zero-order chi connectivity index (χ0) is 15.6. The molecule has 1 N–H and O–H groups in total. The molecule has 1 fully saturated rings. The Balaban J connectivity index is 2.22. The highest BCUT2D eigenvalue weighted by molar-refractivity contribution is 5.13. The summed E-state index contributed by atoms with van der Waals surface area (Å²) >= 11 is 0. The van der Waals surface area contributed by atoms with Gasteiger partial charge in [-0.25, -0.2) is 0 Å². The minimum Gasteiger partial charge on any atom is -0.320 e. The highest BCUT2D eigenvalue weighted by atomic mass is 16.6. The Morgan fingerprint density at radius 1 is 1.10 bits per heavy atom. The van der Waals surface area contributed by atoms with Crippen molar-refractivity contribution in [1.82, 2.24) is 0 Å². The minimum absolute atomic E-state index is 0.319. The summed E-state index contributed by atoms with van der Waals surface area (Å²) in [4.78, 5) is 22.8. The molecule has 1 aliphatic rings. The lowest BCUT2D eigenvalue weighted by atomic mass is 9.74. The van der Waals surface area contributed by atoms with Crippen LogP contribution in [0.2, 0.25) is 0 Å². The molecule has 21 heavy (non-hydrogen) atoms. The van der Waals surface area contributed by atoms with E-state index in [0.717, 1.165) is 10.5 Å². The molecule has 0 saturated carbocycles. The molecule has 1 heterocycles. The lowest BCUT2D eigenvalue weighted by Crippen LogP contribution is -3.15. The van der Waals surface area contributed by atoms with E-state index >= 15 is 0 Å². The molecule has 114 valence electrons. The second kappa shape index (κ2) is 5.77. The molecule has 0 bridgehead atoms. The zero-order valence-corrected chi connectivity index (χ0v) is 12.2. The molecule has 0 aromatic heterocycles. The van der Waals surface area contributed by atoms with Crippen LogP contribution in [0.15, 0.2) is 30.3 Å². The Labute approximate surface area is 122 Å². The molecule has 0 amide bonds. The molecule has 1 saturated heterocycles. The standard InChI is InChI=1S/C14H19N3O4/c1-14(2)12(16(18)19)9-15(10-13(14)17(20)21)8-11-6-4-3-5-7-11/h3-7,12-13H,8-10H2,1-2H3/p+1/t12-,13-/m1/s1. The third-order valence-electron chi connectivity index (χ3n) is 4.49. The number of rotatable bonds is 4. The van der Waals surface area contributed by atoms with Gasteiger partial charge in [0.05, 0.1) is 0 Å².